The Morgan fingerprint density at radius 1 is 0.857 bits per heavy atom. The number of rotatable bonds is 9. The SMILES string of the molecule is CCCCOC(=O)/C(=C\c1ccc(C(C)=O)cc1)Cc1ccc(C(C)=O)cc1. The third-order valence-electron chi connectivity index (χ3n) is 4.41. The molecule has 4 heteroatoms. The molecule has 0 aromatic heterocycles. The Balaban J connectivity index is 2.26. The van der Waals surface area contributed by atoms with E-state index in [1.54, 1.807) is 30.3 Å². The summed E-state index contributed by atoms with van der Waals surface area (Å²) < 4.78 is 5.40. The number of carbonyl (C=O) groups is 3. The van der Waals surface area contributed by atoms with Crippen molar-refractivity contribution in [2.24, 2.45) is 0 Å². The molecular weight excluding hydrogens is 352 g/mol. The molecule has 0 aliphatic carbocycles. The molecule has 0 bridgehead atoms. The highest BCUT2D eigenvalue weighted by molar-refractivity contribution is 5.96. The quantitative estimate of drug-likeness (QED) is 0.265. The predicted molar refractivity (Wildman–Crippen MR) is 110 cm³/mol. The summed E-state index contributed by atoms with van der Waals surface area (Å²) in [6.45, 7) is 5.47. The predicted octanol–water partition coefficient (Wildman–Crippen LogP) is 5.06. The summed E-state index contributed by atoms with van der Waals surface area (Å²) in [5.74, 6) is -0.341. The molecule has 2 aromatic rings. The summed E-state index contributed by atoms with van der Waals surface area (Å²) in [6, 6.07) is 14.3. The molecule has 2 rings (SSSR count). The summed E-state index contributed by atoms with van der Waals surface area (Å²) >= 11 is 0. The van der Waals surface area contributed by atoms with Crippen LogP contribution >= 0.6 is 0 Å². The Morgan fingerprint density at radius 3 is 1.89 bits per heavy atom. The molecule has 0 aliphatic rings. The lowest BCUT2D eigenvalue weighted by Gasteiger charge is -2.09. The smallest absolute Gasteiger partial charge is 0.334 e. The van der Waals surface area contributed by atoms with Crippen LogP contribution in [0.5, 0.6) is 0 Å². The molecular formula is C24H26O4. The van der Waals surface area contributed by atoms with E-state index in [1.807, 2.05) is 31.2 Å². The Hall–Kier alpha value is -3.01. The van der Waals surface area contributed by atoms with E-state index in [9.17, 15) is 14.4 Å². The van der Waals surface area contributed by atoms with Gasteiger partial charge in [-0.15, -0.1) is 0 Å². The van der Waals surface area contributed by atoms with Crippen LogP contribution in [0.4, 0.5) is 0 Å². The molecule has 2 aromatic carbocycles. The maximum Gasteiger partial charge on any atom is 0.334 e. The van der Waals surface area contributed by atoms with Gasteiger partial charge in [0.05, 0.1) is 6.61 Å². The van der Waals surface area contributed by atoms with Crippen LogP contribution in [0.3, 0.4) is 0 Å². The molecule has 146 valence electrons. The van der Waals surface area contributed by atoms with Crippen molar-refractivity contribution in [3.8, 4) is 0 Å². The van der Waals surface area contributed by atoms with E-state index >= 15 is 0 Å². The van der Waals surface area contributed by atoms with Gasteiger partial charge in [0, 0.05) is 23.1 Å². The summed E-state index contributed by atoms with van der Waals surface area (Å²) in [4.78, 5) is 35.5. The summed E-state index contributed by atoms with van der Waals surface area (Å²) in [6.07, 6.45) is 3.96. The van der Waals surface area contributed by atoms with E-state index in [2.05, 4.69) is 0 Å². The van der Waals surface area contributed by atoms with E-state index in [-0.39, 0.29) is 17.5 Å². The lowest BCUT2D eigenvalue weighted by atomic mass is 10.00. The molecule has 0 saturated carbocycles. The van der Waals surface area contributed by atoms with Gasteiger partial charge in [-0.25, -0.2) is 4.79 Å². The van der Waals surface area contributed by atoms with Gasteiger partial charge in [0.25, 0.3) is 0 Å². The normalized spacial score (nSPS) is 11.2. The highest BCUT2D eigenvalue weighted by Crippen LogP contribution is 2.17. The number of hydrogen-bond donors (Lipinski definition) is 0. The van der Waals surface area contributed by atoms with Gasteiger partial charge in [-0.2, -0.15) is 0 Å². The molecule has 0 radical (unpaired) electrons. The zero-order chi connectivity index (χ0) is 20.5. The first-order valence-corrected chi connectivity index (χ1v) is 9.49. The number of unbranched alkanes of at least 4 members (excludes halogenated alkanes) is 1. The highest BCUT2D eigenvalue weighted by atomic mass is 16.5. The van der Waals surface area contributed by atoms with Crippen LogP contribution in [-0.4, -0.2) is 24.1 Å². The third-order valence-corrected chi connectivity index (χ3v) is 4.41. The summed E-state index contributed by atoms with van der Waals surface area (Å²) in [5.41, 5.74) is 3.54. The van der Waals surface area contributed by atoms with Gasteiger partial charge in [0.2, 0.25) is 0 Å². The number of carbonyl (C=O) groups excluding carboxylic acids is 3. The number of ether oxygens (including phenoxy) is 1. The van der Waals surface area contributed by atoms with E-state index < -0.39 is 0 Å². The van der Waals surface area contributed by atoms with Gasteiger partial charge in [-0.3, -0.25) is 9.59 Å². The van der Waals surface area contributed by atoms with E-state index in [0.717, 1.165) is 24.0 Å². The van der Waals surface area contributed by atoms with Crippen LogP contribution in [0.2, 0.25) is 0 Å². The lowest BCUT2D eigenvalue weighted by Crippen LogP contribution is -2.11. The average molecular weight is 378 g/mol. The fourth-order valence-corrected chi connectivity index (χ4v) is 2.68. The van der Waals surface area contributed by atoms with Crippen molar-refractivity contribution >= 4 is 23.6 Å². The molecule has 0 fully saturated rings. The maximum absolute atomic E-state index is 12.6. The zero-order valence-corrected chi connectivity index (χ0v) is 16.7. The molecule has 0 amide bonds. The monoisotopic (exact) mass is 378 g/mol. The van der Waals surface area contributed by atoms with Gasteiger partial charge in [-0.05, 0) is 37.5 Å². The largest absolute Gasteiger partial charge is 0.462 e. The first kappa shape index (κ1) is 21.3. The molecule has 0 saturated heterocycles. The zero-order valence-electron chi connectivity index (χ0n) is 16.7. The van der Waals surface area contributed by atoms with Crippen LogP contribution < -0.4 is 0 Å². The number of Topliss-reactive ketones (excluding diaryl/α,β-unsaturated/α-hetero) is 2. The van der Waals surface area contributed by atoms with Crippen molar-refractivity contribution in [3.63, 3.8) is 0 Å². The van der Waals surface area contributed by atoms with Crippen molar-refractivity contribution in [1.29, 1.82) is 0 Å². The minimum atomic E-state index is -0.347. The molecule has 0 aliphatic heterocycles. The average Bonchev–Trinajstić information content (AvgIpc) is 2.68. The van der Waals surface area contributed by atoms with Crippen molar-refractivity contribution in [2.75, 3.05) is 6.61 Å². The standard InChI is InChI=1S/C24H26O4/c1-4-5-14-28-24(27)23(15-19-6-10-21(11-7-19)17(2)25)16-20-8-12-22(13-9-20)18(3)26/h6-13,15H,4-5,14,16H2,1-3H3/b23-15-. The third kappa shape index (κ3) is 6.31. The molecule has 0 unspecified atom stereocenters. The van der Waals surface area contributed by atoms with Crippen LogP contribution in [0.1, 0.15) is 65.5 Å². The first-order valence-electron chi connectivity index (χ1n) is 9.49. The minimum absolute atomic E-state index is 0.000268. The second kappa shape index (κ2) is 10.4. The van der Waals surface area contributed by atoms with Crippen LogP contribution in [-0.2, 0) is 16.0 Å². The molecule has 28 heavy (non-hydrogen) atoms. The molecule has 0 atom stereocenters. The Labute approximate surface area is 166 Å². The van der Waals surface area contributed by atoms with Crippen LogP contribution in [0, 0.1) is 0 Å². The second-order valence-electron chi connectivity index (χ2n) is 6.77. The van der Waals surface area contributed by atoms with Crippen molar-refractivity contribution in [3.05, 3.63) is 76.4 Å². The molecule has 0 N–H and O–H groups in total. The van der Waals surface area contributed by atoms with Crippen LogP contribution in [0.15, 0.2) is 54.1 Å². The summed E-state index contributed by atoms with van der Waals surface area (Å²) in [5, 5.41) is 0. The summed E-state index contributed by atoms with van der Waals surface area (Å²) in [7, 11) is 0. The number of benzene rings is 2. The van der Waals surface area contributed by atoms with Crippen molar-refractivity contribution in [2.45, 2.75) is 40.0 Å². The van der Waals surface area contributed by atoms with Gasteiger partial charge in [-0.1, -0.05) is 61.9 Å². The second-order valence-corrected chi connectivity index (χ2v) is 6.77. The topological polar surface area (TPSA) is 60.4 Å². The Morgan fingerprint density at radius 2 is 1.39 bits per heavy atom. The fourth-order valence-electron chi connectivity index (χ4n) is 2.68. The lowest BCUT2D eigenvalue weighted by molar-refractivity contribution is -0.139. The number of esters is 1. The Bertz CT molecular complexity index is 858. The fraction of sp³-hybridized carbons (Fsp3) is 0.292. The number of hydrogen-bond acceptors (Lipinski definition) is 4. The van der Waals surface area contributed by atoms with E-state index in [0.29, 0.717) is 29.7 Å². The van der Waals surface area contributed by atoms with Gasteiger partial charge >= 0.3 is 5.97 Å². The molecule has 0 spiro atoms. The molecule has 4 nitrogen and oxygen atoms in total. The van der Waals surface area contributed by atoms with Crippen molar-refractivity contribution in [1.82, 2.24) is 0 Å². The Kier molecular flexibility index (Phi) is 7.88. The molecule has 0 heterocycles. The highest BCUT2D eigenvalue weighted by Gasteiger charge is 2.13. The van der Waals surface area contributed by atoms with Gasteiger partial charge in [0.15, 0.2) is 11.6 Å². The van der Waals surface area contributed by atoms with Crippen molar-refractivity contribution < 1.29 is 19.1 Å². The van der Waals surface area contributed by atoms with Crippen LogP contribution in [0.25, 0.3) is 6.08 Å². The van der Waals surface area contributed by atoms with Gasteiger partial charge < -0.3 is 4.74 Å². The first-order chi connectivity index (χ1) is 13.4. The maximum atomic E-state index is 12.6. The van der Waals surface area contributed by atoms with E-state index in [4.69, 9.17) is 4.74 Å². The minimum Gasteiger partial charge on any atom is -0.462 e. The van der Waals surface area contributed by atoms with Gasteiger partial charge in [0.1, 0.15) is 0 Å². The number of ketones is 2. The van der Waals surface area contributed by atoms with E-state index in [1.165, 1.54) is 13.8 Å².